The Hall–Kier alpha value is -2.23. The van der Waals surface area contributed by atoms with Crippen molar-refractivity contribution >= 4 is 11.7 Å². The molecule has 0 radical (unpaired) electrons. The van der Waals surface area contributed by atoms with Gasteiger partial charge >= 0.3 is 12.2 Å². The van der Waals surface area contributed by atoms with Crippen molar-refractivity contribution in [3.63, 3.8) is 0 Å². The molecular formula is C14H16F3N3O. The van der Waals surface area contributed by atoms with E-state index in [9.17, 15) is 18.0 Å². The fourth-order valence-electron chi connectivity index (χ4n) is 1.75. The number of nitriles is 1. The predicted molar refractivity (Wildman–Crippen MR) is 72.6 cm³/mol. The highest BCUT2D eigenvalue weighted by atomic mass is 19.4. The molecule has 0 saturated heterocycles. The maximum absolute atomic E-state index is 12.5. The molecule has 2 amide bonds. The van der Waals surface area contributed by atoms with Gasteiger partial charge in [0.1, 0.15) is 6.54 Å². The maximum atomic E-state index is 12.5. The Kier molecular flexibility index (Phi) is 5.59. The van der Waals surface area contributed by atoms with Gasteiger partial charge in [0.25, 0.3) is 0 Å². The molecule has 0 heterocycles. The van der Waals surface area contributed by atoms with Crippen LogP contribution in [0.4, 0.5) is 23.7 Å². The minimum atomic E-state index is -4.46. The number of rotatable bonds is 4. The van der Waals surface area contributed by atoms with Gasteiger partial charge in [-0.1, -0.05) is 19.9 Å². The van der Waals surface area contributed by atoms with Gasteiger partial charge in [0.05, 0.1) is 11.6 Å². The molecule has 1 N–H and O–H groups in total. The van der Waals surface area contributed by atoms with Crippen LogP contribution in [0.15, 0.2) is 24.3 Å². The number of amides is 2. The number of nitrogens with one attached hydrogen (secondary N) is 1. The van der Waals surface area contributed by atoms with E-state index in [1.807, 2.05) is 6.07 Å². The van der Waals surface area contributed by atoms with Gasteiger partial charge in [-0.15, -0.1) is 0 Å². The van der Waals surface area contributed by atoms with Crippen LogP contribution in [-0.2, 0) is 0 Å². The number of carbonyl (C=O) groups excluding carboxylic acids is 1. The Bertz CT molecular complexity index is 535. The average Bonchev–Trinajstić information content (AvgIpc) is 2.36. The summed E-state index contributed by atoms with van der Waals surface area (Å²) in [7, 11) is 0. The summed E-state index contributed by atoms with van der Waals surface area (Å²) in [6.45, 7) is 2.14. The summed E-state index contributed by atoms with van der Waals surface area (Å²) in [5, 5.41) is 11.1. The number of halogens is 3. The molecule has 21 heavy (non-hydrogen) atoms. The summed E-state index contributed by atoms with van der Waals surface area (Å²) in [6.07, 6.45) is -4.46. The van der Waals surface area contributed by atoms with E-state index in [1.165, 1.54) is 18.2 Å². The monoisotopic (exact) mass is 299 g/mol. The summed E-state index contributed by atoms with van der Waals surface area (Å²) in [5.74, 6) is -0.0939. The first-order valence-corrected chi connectivity index (χ1v) is 6.34. The fourth-order valence-corrected chi connectivity index (χ4v) is 1.75. The second-order valence-electron chi connectivity index (χ2n) is 5.01. The average molecular weight is 299 g/mol. The Balaban J connectivity index is 2.82. The SMILES string of the molecule is CC(C)CN(CC(F)(F)F)C(=O)Nc1cccc(C#N)c1. The van der Waals surface area contributed by atoms with Crippen molar-refractivity contribution in [2.45, 2.75) is 20.0 Å². The molecule has 1 aromatic carbocycles. The topological polar surface area (TPSA) is 56.1 Å². The molecule has 0 aliphatic heterocycles. The standard InChI is InChI=1S/C14H16F3N3O/c1-10(2)8-20(9-14(15,16)17)13(21)19-12-5-3-4-11(6-12)7-18/h3-6,10H,8-9H2,1-2H3,(H,19,21). The zero-order valence-electron chi connectivity index (χ0n) is 11.7. The molecule has 1 rings (SSSR count). The van der Waals surface area contributed by atoms with Crippen molar-refractivity contribution < 1.29 is 18.0 Å². The summed E-state index contributed by atoms with van der Waals surface area (Å²) in [4.78, 5) is 12.7. The normalized spacial score (nSPS) is 11.1. The van der Waals surface area contributed by atoms with Crippen molar-refractivity contribution in [1.29, 1.82) is 5.26 Å². The summed E-state index contributed by atoms with van der Waals surface area (Å²) in [6, 6.07) is 7.06. The molecule has 1 aromatic rings. The third-order valence-corrected chi connectivity index (χ3v) is 2.49. The Morgan fingerprint density at radius 1 is 1.43 bits per heavy atom. The van der Waals surface area contributed by atoms with Gasteiger partial charge in [-0.2, -0.15) is 18.4 Å². The maximum Gasteiger partial charge on any atom is 0.406 e. The van der Waals surface area contributed by atoms with E-state index < -0.39 is 18.8 Å². The zero-order chi connectivity index (χ0) is 16.0. The molecule has 4 nitrogen and oxygen atoms in total. The first kappa shape index (κ1) is 16.8. The van der Waals surface area contributed by atoms with Crippen LogP contribution in [-0.4, -0.2) is 30.2 Å². The van der Waals surface area contributed by atoms with Crippen LogP contribution in [0.5, 0.6) is 0 Å². The van der Waals surface area contributed by atoms with Crippen molar-refractivity contribution in [2.75, 3.05) is 18.4 Å². The largest absolute Gasteiger partial charge is 0.406 e. The Morgan fingerprint density at radius 3 is 2.62 bits per heavy atom. The highest BCUT2D eigenvalue weighted by Gasteiger charge is 2.33. The van der Waals surface area contributed by atoms with Gasteiger partial charge in [-0.05, 0) is 24.1 Å². The van der Waals surface area contributed by atoms with Crippen molar-refractivity contribution in [3.8, 4) is 6.07 Å². The van der Waals surface area contributed by atoms with E-state index in [4.69, 9.17) is 5.26 Å². The van der Waals surface area contributed by atoms with E-state index in [1.54, 1.807) is 19.9 Å². The van der Waals surface area contributed by atoms with E-state index in [2.05, 4.69) is 5.32 Å². The quantitative estimate of drug-likeness (QED) is 0.923. The molecule has 0 saturated carbocycles. The van der Waals surface area contributed by atoms with Gasteiger partial charge in [0.2, 0.25) is 0 Å². The molecular weight excluding hydrogens is 283 g/mol. The predicted octanol–water partition coefficient (Wildman–Crippen LogP) is 3.61. The lowest BCUT2D eigenvalue weighted by Crippen LogP contribution is -2.43. The van der Waals surface area contributed by atoms with E-state index >= 15 is 0 Å². The minimum absolute atomic E-state index is 0.0106. The van der Waals surface area contributed by atoms with E-state index in [0.29, 0.717) is 10.5 Å². The molecule has 114 valence electrons. The van der Waals surface area contributed by atoms with Gasteiger partial charge in [0, 0.05) is 12.2 Å². The third-order valence-electron chi connectivity index (χ3n) is 2.49. The zero-order valence-corrected chi connectivity index (χ0v) is 11.7. The van der Waals surface area contributed by atoms with Crippen LogP contribution in [0.1, 0.15) is 19.4 Å². The van der Waals surface area contributed by atoms with Crippen molar-refractivity contribution in [3.05, 3.63) is 29.8 Å². The molecule has 0 spiro atoms. The number of carbonyl (C=O) groups is 1. The highest BCUT2D eigenvalue weighted by molar-refractivity contribution is 5.89. The molecule has 0 aliphatic carbocycles. The van der Waals surface area contributed by atoms with Crippen LogP contribution in [0.25, 0.3) is 0 Å². The van der Waals surface area contributed by atoms with E-state index in [0.717, 1.165) is 0 Å². The first-order chi connectivity index (χ1) is 9.71. The van der Waals surface area contributed by atoms with Crippen LogP contribution < -0.4 is 5.32 Å². The number of hydrogen-bond donors (Lipinski definition) is 1. The van der Waals surface area contributed by atoms with Crippen LogP contribution in [0.3, 0.4) is 0 Å². The highest BCUT2D eigenvalue weighted by Crippen LogP contribution is 2.19. The number of nitrogens with zero attached hydrogens (tertiary/aromatic N) is 2. The summed E-state index contributed by atoms with van der Waals surface area (Å²) < 4.78 is 37.5. The molecule has 0 unspecified atom stereocenters. The summed E-state index contributed by atoms with van der Waals surface area (Å²) in [5.41, 5.74) is 0.606. The van der Waals surface area contributed by atoms with Crippen LogP contribution in [0, 0.1) is 17.2 Å². The van der Waals surface area contributed by atoms with E-state index in [-0.39, 0.29) is 18.2 Å². The van der Waals surface area contributed by atoms with Crippen molar-refractivity contribution in [2.24, 2.45) is 5.92 Å². The molecule has 0 aliphatic rings. The lowest BCUT2D eigenvalue weighted by molar-refractivity contribution is -0.140. The number of urea groups is 1. The smallest absolute Gasteiger partial charge is 0.315 e. The van der Waals surface area contributed by atoms with Crippen LogP contribution in [0.2, 0.25) is 0 Å². The van der Waals surface area contributed by atoms with Crippen molar-refractivity contribution in [1.82, 2.24) is 4.90 Å². The molecule has 7 heteroatoms. The molecule has 0 aromatic heterocycles. The lowest BCUT2D eigenvalue weighted by atomic mass is 10.2. The summed E-state index contributed by atoms with van der Waals surface area (Å²) >= 11 is 0. The Labute approximate surface area is 121 Å². The fraction of sp³-hybridized carbons (Fsp3) is 0.429. The van der Waals surface area contributed by atoms with Gasteiger partial charge < -0.3 is 10.2 Å². The molecule has 0 fully saturated rings. The van der Waals surface area contributed by atoms with Gasteiger partial charge in [-0.3, -0.25) is 0 Å². The number of benzene rings is 1. The molecule has 0 bridgehead atoms. The van der Waals surface area contributed by atoms with Crippen LogP contribution >= 0.6 is 0 Å². The van der Waals surface area contributed by atoms with Gasteiger partial charge in [-0.25, -0.2) is 4.79 Å². The number of anilines is 1. The number of alkyl halides is 3. The lowest BCUT2D eigenvalue weighted by Gasteiger charge is -2.25. The Morgan fingerprint density at radius 2 is 2.10 bits per heavy atom. The second-order valence-corrected chi connectivity index (χ2v) is 5.01. The third kappa shape index (κ3) is 6.17. The second kappa shape index (κ2) is 6.97. The first-order valence-electron chi connectivity index (χ1n) is 6.34. The number of hydrogen-bond acceptors (Lipinski definition) is 2. The minimum Gasteiger partial charge on any atom is -0.315 e. The molecule has 0 atom stereocenters. The van der Waals surface area contributed by atoms with Gasteiger partial charge in [0.15, 0.2) is 0 Å².